The lowest BCUT2D eigenvalue weighted by molar-refractivity contribution is -0.124. The van der Waals surface area contributed by atoms with Gasteiger partial charge in [-0.15, -0.1) is 0 Å². The first-order chi connectivity index (χ1) is 8.23. The summed E-state index contributed by atoms with van der Waals surface area (Å²) in [6.07, 6.45) is 3.30. The number of hydrogen-bond donors (Lipinski definition) is 2. The van der Waals surface area contributed by atoms with Crippen molar-refractivity contribution in [3.8, 4) is 0 Å². The van der Waals surface area contributed by atoms with Crippen LogP contribution in [0.25, 0.3) is 0 Å². The molecule has 0 spiro atoms. The third-order valence-electron chi connectivity index (χ3n) is 4.75. The van der Waals surface area contributed by atoms with E-state index in [2.05, 4.69) is 25.7 Å². The number of rotatable bonds is 4. The lowest BCUT2D eigenvalue weighted by Crippen LogP contribution is -2.60. The average Bonchev–Trinajstić information content (AvgIpc) is 2.98. The molecule has 1 aliphatic carbocycles. The van der Waals surface area contributed by atoms with Crippen LogP contribution in [0.15, 0.2) is 0 Å². The molecular weight excluding hydrogens is 226 g/mol. The SMILES string of the molecule is CC(C)(C)C1CCN(CC(N)(C(N)=O)C2CC2)C1. The summed E-state index contributed by atoms with van der Waals surface area (Å²) in [5.74, 6) is 0.668. The molecule has 0 aromatic rings. The van der Waals surface area contributed by atoms with Crippen LogP contribution in [-0.4, -0.2) is 36.0 Å². The van der Waals surface area contributed by atoms with Crippen LogP contribution >= 0.6 is 0 Å². The maximum absolute atomic E-state index is 11.6. The molecule has 1 heterocycles. The van der Waals surface area contributed by atoms with Crippen LogP contribution in [0.1, 0.15) is 40.0 Å². The van der Waals surface area contributed by atoms with E-state index in [9.17, 15) is 4.79 Å². The number of hydrogen-bond acceptors (Lipinski definition) is 3. The van der Waals surface area contributed by atoms with E-state index in [4.69, 9.17) is 11.5 Å². The van der Waals surface area contributed by atoms with Crippen LogP contribution < -0.4 is 11.5 Å². The van der Waals surface area contributed by atoms with Crippen LogP contribution in [0, 0.1) is 17.3 Å². The predicted octanol–water partition coefficient (Wildman–Crippen LogP) is 0.947. The Kier molecular flexibility index (Phi) is 3.45. The van der Waals surface area contributed by atoms with E-state index in [0.717, 1.165) is 25.9 Å². The Morgan fingerprint density at radius 1 is 1.22 bits per heavy atom. The van der Waals surface area contributed by atoms with Gasteiger partial charge in [-0.3, -0.25) is 4.79 Å². The summed E-state index contributed by atoms with van der Waals surface area (Å²) < 4.78 is 0. The largest absolute Gasteiger partial charge is 0.368 e. The first kappa shape index (κ1) is 13.8. The number of nitrogens with two attached hydrogens (primary N) is 2. The quantitative estimate of drug-likeness (QED) is 0.783. The molecular formula is C14H27N3O. The summed E-state index contributed by atoms with van der Waals surface area (Å²) in [6.45, 7) is 9.58. The van der Waals surface area contributed by atoms with Crippen LogP contribution in [0.5, 0.6) is 0 Å². The van der Waals surface area contributed by atoms with E-state index in [1.54, 1.807) is 0 Å². The summed E-state index contributed by atoms with van der Waals surface area (Å²) in [4.78, 5) is 14.0. The minimum Gasteiger partial charge on any atom is -0.368 e. The summed E-state index contributed by atoms with van der Waals surface area (Å²) in [5.41, 5.74) is 11.3. The molecule has 1 saturated heterocycles. The Hall–Kier alpha value is -0.610. The molecule has 4 nitrogen and oxygen atoms in total. The molecule has 2 unspecified atom stereocenters. The van der Waals surface area contributed by atoms with Crippen molar-refractivity contribution in [1.82, 2.24) is 4.90 Å². The van der Waals surface area contributed by atoms with Crippen molar-refractivity contribution in [2.24, 2.45) is 28.7 Å². The lowest BCUT2D eigenvalue weighted by atomic mass is 9.80. The molecule has 2 fully saturated rings. The van der Waals surface area contributed by atoms with Crippen LogP contribution in [0.2, 0.25) is 0 Å². The van der Waals surface area contributed by atoms with Gasteiger partial charge in [0.1, 0.15) is 5.54 Å². The predicted molar refractivity (Wildman–Crippen MR) is 72.8 cm³/mol. The molecule has 2 rings (SSSR count). The topological polar surface area (TPSA) is 72.3 Å². The van der Waals surface area contributed by atoms with E-state index < -0.39 is 5.54 Å². The summed E-state index contributed by atoms with van der Waals surface area (Å²) in [5, 5.41) is 0. The van der Waals surface area contributed by atoms with Gasteiger partial charge >= 0.3 is 0 Å². The van der Waals surface area contributed by atoms with Crippen molar-refractivity contribution >= 4 is 5.91 Å². The van der Waals surface area contributed by atoms with Crippen molar-refractivity contribution in [2.45, 2.75) is 45.6 Å². The Bertz CT molecular complexity index is 332. The van der Waals surface area contributed by atoms with Gasteiger partial charge in [-0.25, -0.2) is 0 Å². The van der Waals surface area contributed by atoms with E-state index in [1.165, 1.54) is 6.42 Å². The normalized spacial score (nSPS) is 29.2. The highest BCUT2D eigenvalue weighted by Crippen LogP contribution is 2.40. The van der Waals surface area contributed by atoms with Gasteiger partial charge in [0.2, 0.25) is 5.91 Å². The number of carbonyl (C=O) groups is 1. The summed E-state index contributed by atoms with van der Waals surface area (Å²) >= 11 is 0. The number of primary amides is 1. The third-order valence-corrected chi connectivity index (χ3v) is 4.75. The molecule has 1 aliphatic heterocycles. The highest BCUT2D eigenvalue weighted by Gasteiger charge is 2.48. The Morgan fingerprint density at radius 2 is 1.83 bits per heavy atom. The number of amides is 1. The average molecular weight is 253 g/mol. The third kappa shape index (κ3) is 2.69. The van der Waals surface area contributed by atoms with Crippen molar-refractivity contribution < 1.29 is 4.79 Å². The summed E-state index contributed by atoms with van der Waals surface area (Å²) in [6, 6.07) is 0. The van der Waals surface area contributed by atoms with E-state index in [0.29, 0.717) is 23.8 Å². The molecule has 1 amide bonds. The molecule has 2 atom stereocenters. The molecule has 18 heavy (non-hydrogen) atoms. The monoisotopic (exact) mass is 253 g/mol. The highest BCUT2D eigenvalue weighted by molar-refractivity contribution is 5.85. The van der Waals surface area contributed by atoms with Gasteiger partial charge in [-0.1, -0.05) is 20.8 Å². The smallest absolute Gasteiger partial charge is 0.239 e. The molecule has 4 N–H and O–H groups in total. The maximum Gasteiger partial charge on any atom is 0.239 e. The summed E-state index contributed by atoms with van der Waals surface area (Å²) in [7, 11) is 0. The van der Waals surface area contributed by atoms with Gasteiger partial charge < -0.3 is 16.4 Å². The Morgan fingerprint density at radius 3 is 2.22 bits per heavy atom. The van der Waals surface area contributed by atoms with E-state index in [-0.39, 0.29) is 5.91 Å². The van der Waals surface area contributed by atoms with Gasteiger partial charge in [-0.2, -0.15) is 0 Å². The number of nitrogens with zero attached hydrogens (tertiary/aromatic N) is 1. The van der Waals surface area contributed by atoms with Gasteiger partial charge in [0.05, 0.1) is 0 Å². The molecule has 0 radical (unpaired) electrons. The van der Waals surface area contributed by atoms with Crippen LogP contribution in [0.4, 0.5) is 0 Å². The number of likely N-dealkylation sites (tertiary alicyclic amines) is 1. The zero-order valence-corrected chi connectivity index (χ0v) is 11.9. The molecule has 104 valence electrons. The van der Waals surface area contributed by atoms with Crippen molar-refractivity contribution in [1.29, 1.82) is 0 Å². The van der Waals surface area contributed by atoms with E-state index in [1.807, 2.05) is 0 Å². The second-order valence-corrected chi connectivity index (χ2v) is 7.27. The van der Waals surface area contributed by atoms with Crippen molar-refractivity contribution in [3.63, 3.8) is 0 Å². The van der Waals surface area contributed by atoms with Gasteiger partial charge in [0.25, 0.3) is 0 Å². The maximum atomic E-state index is 11.6. The zero-order valence-electron chi connectivity index (χ0n) is 11.9. The molecule has 0 aromatic heterocycles. The fraction of sp³-hybridized carbons (Fsp3) is 0.929. The van der Waals surface area contributed by atoms with Gasteiger partial charge in [0, 0.05) is 13.1 Å². The van der Waals surface area contributed by atoms with Crippen LogP contribution in [-0.2, 0) is 4.79 Å². The molecule has 0 aromatic carbocycles. The van der Waals surface area contributed by atoms with Crippen LogP contribution in [0.3, 0.4) is 0 Å². The number of carbonyl (C=O) groups excluding carboxylic acids is 1. The second-order valence-electron chi connectivity index (χ2n) is 7.27. The Balaban J connectivity index is 1.96. The second kappa shape index (κ2) is 4.49. The van der Waals surface area contributed by atoms with Gasteiger partial charge in [-0.05, 0) is 43.1 Å². The molecule has 2 aliphatic rings. The van der Waals surface area contributed by atoms with E-state index >= 15 is 0 Å². The fourth-order valence-corrected chi connectivity index (χ4v) is 3.06. The lowest BCUT2D eigenvalue weighted by Gasteiger charge is -2.32. The fourth-order valence-electron chi connectivity index (χ4n) is 3.06. The standard InChI is InChI=1S/C14H27N3O/c1-13(2,3)11-6-7-17(8-11)9-14(16,12(15)18)10-4-5-10/h10-11H,4-9,16H2,1-3H3,(H2,15,18). The van der Waals surface area contributed by atoms with Crippen molar-refractivity contribution in [3.05, 3.63) is 0 Å². The molecule has 4 heteroatoms. The minimum absolute atomic E-state index is 0.309. The van der Waals surface area contributed by atoms with Gasteiger partial charge in [0.15, 0.2) is 0 Å². The first-order valence-corrected chi connectivity index (χ1v) is 7.04. The minimum atomic E-state index is -0.799. The zero-order chi connectivity index (χ0) is 13.6. The molecule has 1 saturated carbocycles. The highest BCUT2D eigenvalue weighted by atomic mass is 16.1. The van der Waals surface area contributed by atoms with Crippen molar-refractivity contribution in [2.75, 3.05) is 19.6 Å². The first-order valence-electron chi connectivity index (χ1n) is 7.04. The molecule has 0 bridgehead atoms. The Labute approximate surface area is 110 Å².